The van der Waals surface area contributed by atoms with E-state index in [2.05, 4.69) is 34.8 Å². The van der Waals surface area contributed by atoms with Gasteiger partial charge in [-0.3, -0.25) is 9.59 Å². The molecule has 3 N–H and O–H groups in total. The zero-order valence-corrected chi connectivity index (χ0v) is 14.1. The summed E-state index contributed by atoms with van der Waals surface area (Å²) in [6.07, 6.45) is 2.66. The summed E-state index contributed by atoms with van der Waals surface area (Å²) in [4.78, 5) is 27.4. The molecule has 126 valence electrons. The van der Waals surface area contributed by atoms with Gasteiger partial charge in [-0.25, -0.2) is 4.98 Å². The van der Waals surface area contributed by atoms with Gasteiger partial charge < -0.3 is 16.0 Å². The molecule has 0 saturated heterocycles. The highest BCUT2D eigenvalue weighted by Crippen LogP contribution is 2.15. The average molecular weight is 326 g/mol. The third-order valence-corrected chi connectivity index (χ3v) is 3.48. The maximum Gasteiger partial charge on any atom is 0.274 e. The number of hydrogen-bond donors (Lipinski definition) is 3. The lowest BCUT2D eigenvalue weighted by Crippen LogP contribution is -2.16. The van der Waals surface area contributed by atoms with Crippen LogP contribution in [0.15, 0.2) is 42.6 Å². The molecule has 2 aromatic rings. The minimum atomic E-state index is -0.280. The maximum atomic E-state index is 12.2. The molecule has 6 nitrogen and oxygen atoms in total. The van der Waals surface area contributed by atoms with Crippen LogP contribution >= 0.6 is 0 Å². The zero-order valence-electron chi connectivity index (χ0n) is 14.1. The van der Waals surface area contributed by atoms with Crippen molar-refractivity contribution in [3.05, 3.63) is 48.3 Å². The normalized spacial score (nSPS) is 11.5. The third-order valence-electron chi connectivity index (χ3n) is 3.48. The fourth-order valence-electron chi connectivity index (χ4n) is 2.04. The predicted octanol–water partition coefficient (Wildman–Crippen LogP) is 3.50. The Labute approximate surface area is 141 Å². The van der Waals surface area contributed by atoms with Crippen LogP contribution in [0, 0.1) is 0 Å². The topological polar surface area (TPSA) is 83.1 Å². The molecule has 1 atom stereocenters. The number of benzene rings is 1. The second-order valence-corrected chi connectivity index (χ2v) is 5.60. The third kappa shape index (κ3) is 5.08. The van der Waals surface area contributed by atoms with Gasteiger partial charge >= 0.3 is 0 Å². The molecule has 0 saturated carbocycles. The first-order valence-corrected chi connectivity index (χ1v) is 7.89. The molecule has 2 rings (SSSR count). The largest absolute Gasteiger partial charge is 0.381 e. The van der Waals surface area contributed by atoms with Gasteiger partial charge in [-0.05, 0) is 49.7 Å². The summed E-state index contributed by atoms with van der Waals surface area (Å²) >= 11 is 0. The summed E-state index contributed by atoms with van der Waals surface area (Å²) in [5.41, 5.74) is 2.55. The van der Waals surface area contributed by atoms with Crippen molar-refractivity contribution in [2.24, 2.45) is 0 Å². The fraction of sp³-hybridized carbons (Fsp3) is 0.278. The van der Waals surface area contributed by atoms with Crippen LogP contribution in [-0.2, 0) is 4.79 Å². The number of carbonyl (C=O) groups is 2. The lowest BCUT2D eigenvalue weighted by atomic mass is 10.2. The molecule has 0 spiro atoms. The Morgan fingerprint density at radius 1 is 1.00 bits per heavy atom. The molecule has 0 radical (unpaired) electrons. The molecular formula is C18H22N4O2. The molecule has 1 aromatic carbocycles. The second kappa shape index (κ2) is 8.10. The maximum absolute atomic E-state index is 12.2. The van der Waals surface area contributed by atoms with E-state index in [4.69, 9.17) is 0 Å². The highest BCUT2D eigenvalue weighted by Gasteiger charge is 2.08. The number of hydrogen-bond acceptors (Lipinski definition) is 4. The van der Waals surface area contributed by atoms with Crippen LogP contribution in [0.1, 0.15) is 37.7 Å². The predicted molar refractivity (Wildman–Crippen MR) is 96.3 cm³/mol. The molecule has 0 aliphatic carbocycles. The Kier molecular flexibility index (Phi) is 5.89. The molecule has 1 unspecified atom stereocenters. The van der Waals surface area contributed by atoms with Crippen molar-refractivity contribution < 1.29 is 9.59 Å². The highest BCUT2D eigenvalue weighted by atomic mass is 16.2. The minimum Gasteiger partial charge on any atom is -0.381 e. The number of amides is 2. The zero-order chi connectivity index (χ0) is 17.5. The Morgan fingerprint density at radius 2 is 1.58 bits per heavy atom. The van der Waals surface area contributed by atoms with Crippen LogP contribution in [0.25, 0.3) is 0 Å². The number of rotatable bonds is 6. The van der Waals surface area contributed by atoms with E-state index < -0.39 is 0 Å². The van der Waals surface area contributed by atoms with Gasteiger partial charge in [0.15, 0.2) is 0 Å². The van der Waals surface area contributed by atoms with Crippen molar-refractivity contribution in [2.75, 3.05) is 16.0 Å². The standard InChI is InChI=1S/C18H22N4O2/c1-4-12(2)20-16-9-10-17(19-11-16)18(24)22-15-7-5-14(6-8-15)21-13(3)23/h5-12,20H,4H2,1-3H3,(H,21,23)(H,22,24). The van der Waals surface area contributed by atoms with Crippen LogP contribution in [0.4, 0.5) is 17.1 Å². The lowest BCUT2D eigenvalue weighted by Gasteiger charge is -2.12. The van der Waals surface area contributed by atoms with E-state index in [1.54, 1.807) is 36.5 Å². The van der Waals surface area contributed by atoms with E-state index in [-0.39, 0.29) is 11.8 Å². The van der Waals surface area contributed by atoms with Crippen molar-refractivity contribution in [2.45, 2.75) is 33.2 Å². The molecule has 0 aliphatic rings. The van der Waals surface area contributed by atoms with Crippen molar-refractivity contribution >= 4 is 28.9 Å². The smallest absolute Gasteiger partial charge is 0.274 e. The Morgan fingerprint density at radius 3 is 2.08 bits per heavy atom. The number of pyridine rings is 1. The second-order valence-electron chi connectivity index (χ2n) is 5.60. The Bertz CT molecular complexity index is 696. The van der Waals surface area contributed by atoms with Crippen molar-refractivity contribution in [1.29, 1.82) is 0 Å². The molecule has 0 bridgehead atoms. The molecule has 0 fully saturated rings. The number of anilines is 3. The molecule has 2 amide bonds. The molecule has 1 heterocycles. The monoisotopic (exact) mass is 326 g/mol. The fourth-order valence-corrected chi connectivity index (χ4v) is 2.04. The van der Waals surface area contributed by atoms with E-state index in [0.717, 1.165) is 12.1 Å². The quantitative estimate of drug-likeness (QED) is 0.758. The van der Waals surface area contributed by atoms with Crippen LogP contribution < -0.4 is 16.0 Å². The molecule has 6 heteroatoms. The van der Waals surface area contributed by atoms with Crippen molar-refractivity contribution in [1.82, 2.24) is 4.98 Å². The number of nitrogens with one attached hydrogen (secondary N) is 3. The van der Waals surface area contributed by atoms with Crippen LogP contribution in [-0.4, -0.2) is 22.8 Å². The van der Waals surface area contributed by atoms with E-state index in [0.29, 0.717) is 23.1 Å². The number of carbonyl (C=O) groups excluding carboxylic acids is 2. The van der Waals surface area contributed by atoms with Gasteiger partial charge in [0.25, 0.3) is 5.91 Å². The van der Waals surface area contributed by atoms with Gasteiger partial charge in [0.1, 0.15) is 5.69 Å². The van der Waals surface area contributed by atoms with E-state index in [9.17, 15) is 9.59 Å². The average Bonchev–Trinajstić information content (AvgIpc) is 2.56. The van der Waals surface area contributed by atoms with E-state index >= 15 is 0 Å². The summed E-state index contributed by atoms with van der Waals surface area (Å²) < 4.78 is 0. The van der Waals surface area contributed by atoms with Gasteiger partial charge in [-0.1, -0.05) is 6.92 Å². The minimum absolute atomic E-state index is 0.137. The first-order chi connectivity index (χ1) is 11.5. The number of aromatic nitrogens is 1. The molecule has 24 heavy (non-hydrogen) atoms. The lowest BCUT2D eigenvalue weighted by molar-refractivity contribution is -0.114. The first-order valence-electron chi connectivity index (χ1n) is 7.89. The van der Waals surface area contributed by atoms with Gasteiger partial charge in [0.05, 0.1) is 11.9 Å². The SMILES string of the molecule is CCC(C)Nc1ccc(C(=O)Nc2ccc(NC(C)=O)cc2)nc1. The van der Waals surface area contributed by atoms with Crippen LogP contribution in [0.5, 0.6) is 0 Å². The summed E-state index contributed by atoms with van der Waals surface area (Å²) in [5.74, 6) is -0.417. The number of nitrogens with zero attached hydrogens (tertiary/aromatic N) is 1. The summed E-state index contributed by atoms with van der Waals surface area (Å²) in [6, 6.07) is 10.8. The van der Waals surface area contributed by atoms with E-state index in [1.165, 1.54) is 6.92 Å². The highest BCUT2D eigenvalue weighted by molar-refractivity contribution is 6.03. The Balaban J connectivity index is 1.97. The van der Waals surface area contributed by atoms with E-state index in [1.807, 2.05) is 6.07 Å². The van der Waals surface area contributed by atoms with Gasteiger partial charge in [0, 0.05) is 24.3 Å². The van der Waals surface area contributed by atoms with Crippen molar-refractivity contribution in [3.8, 4) is 0 Å². The molecule has 1 aromatic heterocycles. The van der Waals surface area contributed by atoms with Crippen LogP contribution in [0.3, 0.4) is 0 Å². The summed E-state index contributed by atoms with van der Waals surface area (Å²) in [7, 11) is 0. The summed E-state index contributed by atoms with van der Waals surface area (Å²) in [6.45, 7) is 5.64. The van der Waals surface area contributed by atoms with Gasteiger partial charge in [-0.15, -0.1) is 0 Å². The van der Waals surface area contributed by atoms with Gasteiger partial charge in [0.2, 0.25) is 5.91 Å². The molecule has 0 aliphatic heterocycles. The first kappa shape index (κ1) is 17.5. The summed E-state index contributed by atoms with van der Waals surface area (Å²) in [5, 5.41) is 8.75. The van der Waals surface area contributed by atoms with Crippen LogP contribution in [0.2, 0.25) is 0 Å². The molecular weight excluding hydrogens is 304 g/mol. The van der Waals surface area contributed by atoms with Gasteiger partial charge in [-0.2, -0.15) is 0 Å². The Hall–Kier alpha value is -2.89. The van der Waals surface area contributed by atoms with Crippen molar-refractivity contribution in [3.63, 3.8) is 0 Å².